The van der Waals surface area contributed by atoms with Crippen LogP contribution in [0.3, 0.4) is 0 Å². The molecule has 0 saturated heterocycles. The van der Waals surface area contributed by atoms with E-state index in [1.165, 1.54) is 6.21 Å². The maximum atomic E-state index is 7.76. The van der Waals surface area contributed by atoms with E-state index in [-0.39, 0.29) is 6.73 Å². The molecule has 0 aliphatic heterocycles. The van der Waals surface area contributed by atoms with Gasteiger partial charge in [0.25, 0.3) is 0 Å². The van der Waals surface area contributed by atoms with Gasteiger partial charge in [0.2, 0.25) is 0 Å². The number of thiazole rings is 1. The van der Waals surface area contributed by atoms with Crippen LogP contribution in [0.1, 0.15) is 30.1 Å². The van der Waals surface area contributed by atoms with Crippen molar-refractivity contribution in [3.63, 3.8) is 0 Å². The minimum absolute atomic E-state index is 0.0694. The van der Waals surface area contributed by atoms with E-state index < -0.39 is 0 Å². The lowest BCUT2D eigenvalue weighted by Gasteiger charge is -1.88. The van der Waals surface area contributed by atoms with E-state index in [0.29, 0.717) is 0 Å². The number of hydrogen-bond donors (Lipinski definition) is 4. The number of H-pyrrole nitrogens is 1. The minimum Gasteiger partial charge on any atom is -0.381 e. The number of aromatic amines is 1. The van der Waals surface area contributed by atoms with Crippen LogP contribution in [0.4, 0.5) is 0 Å². The van der Waals surface area contributed by atoms with Gasteiger partial charge in [-0.1, -0.05) is 20.4 Å². The van der Waals surface area contributed by atoms with Gasteiger partial charge in [-0.3, -0.25) is 5.32 Å². The number of hydrogen-bond acceptors (Lipinski definition) is 5. The summed E-state index contributed by atoms with van der Waals surface area (Å²) >= 11 is 1.60. The molecule has 0 aliphatic carbocycles. The summed E-state index contributed by atoms with van der Waals surface area (Å²) in [5, 5.41) is 18.5. The van der Waals surface area contributed by atoms with Gasteiger partial charge in [-0.05, 0) is 20.0 Å². The fourth-order valence-electron chi connectivity index (χ4n) is 1.32. The molecular formula is C13H22N4OS. The highest BCUT2D eigenvalue weighted by molar-refractivity contribution is 7.18. The quantitative estimate of drug-likeness (QED) is 0.516. The number of nitrogens with one attached hydrogen (secondary N) is 3. The average molecular weight is 282 g/mol. The second-order valence-corrected chi connectivity index (χ2v) is 4.43. The van der Waals surface area contributed by atoms with Crippen LogP contribution in [0.25, 0.3) is 16.4 Å². The number of aliphatic hydroxyl groups is 1. The molecule has 2 aromatic heterocycles. The summed E-state index contributed by atoms with van der Waals surface area (Å²) in [6.45, 7) is 9.71. The molecule has 6 heteroatoms. The molecule has 19 heavy (non-hydrogen) atoms. The van der Waals surface area contributed by atoms with Crippen LogP contribution >= 0.6 is 11.3 Å². The Kier molecular flexibility index (Phi) is 8.69. The first kappa shape index (κ1) is 17.5. The standard InChI is InChI=1S/C9H9N3S.C2H7NO.C2H6/c1-3-7-6(4-10)8-9(12-7)11-5(2)13-8;1-3-2-4;1-2/h3-4,10,12H,1H2,2H3;3-4H,2H2,1H3;1-2H3. The molecule has 0 aromatic carbocycles. The molecule has 106 valence electrons. The predicted octanol–water partition coefficient (Wildman–Crippen LogP) is 2.76. The highest BCUT2D eigenvalue weighted by atomic mass is 32.1. The van der Waals surface area contributed by atoms with Crippen molar-refractivity contribution in [3.05, 3.63) is 22.8 Å². The van der Waals surface area contributed by atoms with Gasteiger partial charge in [0.15, 0.2) is 0 Å². The third kappa shape index (κ3) is 4.59. The Labute approximate surface area is 117 Å². The molecular weight excluding hydrogens is 260 g/mol. The first-order valence-corrected chi connectivity index (χ1v) is 6.87. The number of nitrogens with zero attached hydrogens (tertiary/aromatic N) is 1. The molecule has 0 fully saturated rings. The topological polar surface area (TPSA) is 84.8 Å². The van der Waals surface area contributed by atoms with Gasteiger partial charge in [-0.15, -0.1) is 11.3 Å². The highest BCUT2D eigenvalue weighted by Gasteiger charge is 2.10. The molecule has 4 N–H and O–H groups in total. The average Bonchev–Trinajstić information content (AvgIpc) is 2.96. The Hall–Kier alpha value is -1.50. The Bertz CT molecular complexity index is 514. The molecule has 0 spiro atoms. The van der Waals surface area contributed by atoms with Crippen LogP contribution < -0.4 is 5.32 Å². The van der Waals surface area contributed by atoms with Gasteiger partial charge in [0, 0.05) is 17.5 Å². The van der Waals surface area contributed by atoms with Gasteiger partial charge in [-0.2, -0.15) is 0 Å². The van der Waals surface area contributed by atoms with E-state index in [4.69, 9.17) is 10.5 Å². The normalized spacial score (nSPS) is 9.11. The molecule has 0 aliphatic rings. The number of aromatic nitrogens is 2. The van der Waals surface area contributed by atoms with Crippen LogP contribution in [0.5, 0.6) is 0 Å². The van der Waals surface area contributed by atoms with Crippen LogP contribution in [-0.4, -0.2) is 35.1 Å². The van der Waals surface area contributed by atoms with Gasteiger partial charge in [0.1, 0.15) is 5.65 Å². The highest BCUT2D eigenvalue weighted by Crippen LogP contribution is 2.27. The second-order valence-electron chi connectivity index (χ2n) is 3.22. The van der Waals surface area contributed by atoms with Gasteiger partial charge in [0.05, 0.1) is 16.4 Å². The summed E-state index contributed by atoms with van der Waals surface area (Å²) in [4.78, 5) is 7.42. The van der Waals surface area contributed by atoms with Crippen molar-refractivity contribution >= 4 is 34.0 Å². The molecule has 0 radical (unpaired) electrons. The lowest BCUT2D eigenvalue weighted by molar-refractivity contribution is 0.273. The number of aliphatic hydroxyl groups excluding tert-OH is 1. The summed E-state index contributed by atoms with van der Waals surface area (Å²) in [7, 11) is 1.68. The van der Waals surface area contributed by atoms with Crippen molar-refractivity contribution in [2.45, 2.75) is 20.8 Å². The zero-order valence-electron chi connectivity index (χ0n) is 11.9. The fourth-order valence-corrected chi connectivity index (χ4v) is 2.22. The van der Waals surface area contributed by atoms with E-state index in [9.17, 15) is 0 Å². The third-order valence-corrected chi connectivity index (χ3v) is 3.03. The van der Waals surface area contributed by atoms with Crippen molar-refractivity contribution in [2.75, 3.05) is 13.8 Å². The SMILES string of the molecule is C=Cc1[nH]c2nc(C)sc2c1C=N.CC.CNCO. The van der Waals surface area contributed by atoms with Gasteiger partial charge < -0.3 is 15.5 Å². The molecule has 2 heterocycles. The van der Waals surface area contributed by atoms with Crippen LogP contribution in [0.2, 0.25) is 0 Å². The van der Waals surface area contributed by atoms with Crippen LogP contribution in [0, 0.1) is 12.3 Å². The van der Waals surface area contributed by atoms with Crippen LogP contribution in [-0.2, 0) is 0 Å². The number of fused-ring (bicyclic) bond motifs is 1. The summed E-state index contributed by atoms with van der Waals surface area (Å²) in [6.07, 6.45) is 3.05. The van der Waals surface area contributed by atoms with E-state index >= 15 is 0 Å². The monoisotopic (exact) mass is 282 g/mol. The van der Waals surface area contributed by atoms with E-state index in [1.807, 2.05) is 20.8 Å². The fraction of sp³-hybridized carbons (Fsp3) is 0.385. The molecule has 2 aromatic rings. The smallest absolute Gasteiger partial charge is 0.149 e. The maximum Gasteiger partial charge on any atom is 0.149 e. The summed E-state index contributed by atoms with van der Waals surface area (Å²) in [5.74, 6) is 0. The Morgan fingerprint density at radius 3 is 2.53 bits per heavy atom. The van der Waals surface area contributed by atoms with Crippen LogP contribution in [0.15, 0.2) is 6.58 Å². The molecule has 0 atom stereocenters. The molecule has 0 amide bonds. The lowest BCUT2D eigenvalue weighted by atomic mass is 10.2. The first-order chi connectivity index (χ1) is 9.17. The second kappa shape index (κ2) is 9.43. The van der Waals surface area contributed by atoms with Crippen molar-refractivity contribution in [2.24, 2.45) is 0 Å². The van der Waals surface area contributed by atoms with Crippen molar-refractivity contribution in [3.8, 4) is 0 Å². The van der Waals surface area contributed by atoms with E-state index in [1.54, 1.807) is 24.5 Å². The van der Waals surface area contributed by atoms with Crippen molar-refractivity contribution in [1.82, 2.24) is 15.3 Å². The van der Waals surface area contributed by atoms with E-state index in [2.05, 4.69) is 21.9 Å². The molecule has 5 nitrogen and oxygen atoms in total. The molecule has 0 saturated carbocycles. The third-order valence-electron chi connectivity index (χ3n) is 2.03. The first-order valence-electron chi connectivity index (χ1n) is 6.05. The van der Waals surface area contributed by atoms with Gasteiger partial charge in [-0.25, -0.2) is 4.98 Å². The maximum absolute atomic E-state index is 7.76. The molecule has 2 rings (SSSR count). The summed E-state index contributed by atoms with van der Waals surface area (Å²) < 4.78 is 1.04. The Balaban J connectivity index is 0.000000467. The minimum atomic E-state index is 0.0694. The van der Waals surface area contributed by atoms with E-state index in [0.717, 1.165) is 26.6 Å². The molecule has 0 bridgehead atoms. The zero-order valence-corrected chi connectivity index (χ0v) is 12.7. The zero-order chi connectivity index (χ0) is 14.8. The summed E-state index contributed by atoms with van der Waals surface area (Å²) in [6, 6.07) is 0. The van der Waals surface area contributed by atoms with Gasteiger partial charge >= 0.3 is 0 Å². The van der Waals surface area contributed by atoms with Crippen molar-refractivity contribution in [1.29, 1.82) is 5.41 Å². The largest absolute Gasteiger partial charge is 0.381 e. The predicted molar refractivity (Wildman–Crippen MR) is 84.2 cm³/mol. The number of rotatable bonds is 3. The lowest BCUT2D eigenvalue weighted by Crippen LogP contribution is -2.04. The summed E-state index contributed by atoms with van der Waals surface area (Å²) in [5.41, 5.74) is 2.62. The van der Waals surface area contributed by atoms with Crippen molar-refractivity contribution < 1.29 is 5.11 Å². The molecule has 0 unspecified atom stereocenters. The Morgan fingerprint density at radius 2 is 2.11 bits per heavy atom. The Morgan fingerprint density at radius 1 is 1.53 bits per heavy atom. The number of aryl methyl sites for hydroxylation is 1.